The molecule has 3 heteroatoms. The molecular weight excluding hydrogens is 260 g/mol. The lowest BCUT2D eigenvalue weighted by Crippen LogP contribution is -2.54. The summed E-state index contributed by atoms with van der Waals surface area (Å²) in [7, 11) is 3.94. The van der Waals surface area contributed by atoms with Crippen molar-refractivity contribution in [2.45, 2.75) is 51.1 Å². The second-order valence-electron chi connectivity index (χ2n) is 6.77. The van der Waals surface area contributed by atoms with E-state index in [4.69, 9.17) is 0 Å². The summed E-state index contributed by atoms with van der Waals surface area (Å²) in [4.78, 5) is 14.9. The van der Waals surface area contributed by atoms with Crippen molar-refractivity contribution in [2.24, 2.45) is 5.92 Å². The third-order valence-corrected chi connectivity index (χ3v) is 4.94. The molecule has 1 aliphatic rings. The molecule has 21 heavy (non-hydrogen) atoms. The van der Waals surface area contributed by atoms with E-state index in [-0.39, 0.29) is 5.91 Å². The highest BCUT2D eigenvalue weighted by Gasteiger charge is 2.38. The van der Waals surface area contributed by atoms with Gasteiger partial charge in [-0.15, -0.1) is 0 Å². The molecule has 0 saturated heterocycles. The zero-order valence-electron chi connectivity index (χ0n) is 13.7. The smallest absolute Gasteiger partial charge is 0.245 e. The quantitative estimate of drug-likeness (QED) is 0.923. The Bertz CT molecular complexity index is 471. The highest BCUT2D eigenvalue weighted by atomic mass is 16.2. The lowest BCUT2D eigenvalue weighted by Gasteiger charge is -2.38. The Hall–Kier alpha value is -1.35. The highest BCUT2D eigenvalue weighted by molar-refractivity contribution is 5.87. The van der Waals surface area contributed by atoms with Gasteiger partial charge in [-0.2, -0.15) is 0 Å². The first-order valence-electron chi connectivity index (χ1n) is 7.98. The van der Waals surface area contributed by atoms with Crippen LogP contribution in [-0.4, -0.2) is 30.9 Å². The number of amides is 1. The fourth-order valence-corrected chi connectivity index (χ4v) is 3.25. The molecule has 1 saturated carbocycles. The van der Waals surface area contributed by atoms with Crippen LogP contribution in [0.5, 0.6) is 0 Å². The normalized spacial score (nSPS) is 25.4. The van der Waals surface area contributed by atoms with E-state index in [0.717, 1.165) is 18.4 Å². The first kappa shape index (κ1) is 16.0. The van der Waals surface area contributed by atoms with Crippen LogP contribution in [0.15, 0.2) is 30.3 Å². The monoisotopic (exact) mass is 288 g/mol. The summed E-state index contributed by atoms with van der Waals surface area (Å²) in [6.07, 6.45) is 4.71. The van der Waals surface area contributed by atoms with Gasteiger partial charge in [-0.25, -0.2) is 0 Å². The summed E-state index contributed by atoms with van der Waals surface area (Å²) in [5.74, 6) is 0.823. The molecule has 0 aromatic heterocycles. The molecule has 0 aliphatic heterocycles. The van der Waals surface area contributed by atoms with Crippen LogP contribution in [0.3, 0.4) is 0 Å². The summed E-state index contributed by atoms with van der Waals surface area (Å²) in [5, 5.41) is 3.29. The molecule has 1 aromatic rings. The minimum Gasteiger partial charge on any atom is -0.351 e. The Kier molecular flexibility index (Phi) is 5.04. The molecule has 0 radical (unpaired) electrons. The molecule has 116 valence electrons. The van der Waals surface area contributed by atoms with Crippen LogP contribution in [0.2, 0.25) is 0 Å². The highest BCUT2D eigenvalue weighted by Crippen LogP contribution is 2.28. The molecule has 0 unspecified atom stereocenters. The van der Waals surface area contributed by atoms with E-state index >= 15 is 0 Å². The number of likely N-dealkylation sites (N-methyl/N-ethyl adjacent to an activating group) is 1. The van der Waals surface area contributed by atoms with Crippen molar-refractivity contribution in [1.29, 1.82) is 0 Å². The van der Waals surface area contributed by atoms with Gasteiger partial charge in [0, 0.05) is 6.04 Å². The Balaban J connectivity index is 2.16. The van der Waals surface area contributed by atoms with Gasteiger partial charge < -0.3 is 5.32 Å². The van der Waals surface area contributed by atoms with Crippen molar-refractivity contribution in [2.75, 3.05) is 14.1 Å². The number of nitrogens with zero attached hydrogens (tertiary/aromatic N) is 1. The second kappa shape index (κ2) is 6.61. The Morgan fingerprint density at radius 3 is 2.48 bits per heavy atom. The van der Waals surface area contributed by atoms with E-state index in [9.17, 15) is 4.79 Å². The predicted octanol–water partition coefficient (Wildman–Crippen LogP) is 3.16. The minimum atomic E-state index is -0.623. The third-order valence-electron chi connectivity index (χ3n) is 4.94. The maximum absolute atomic E-state index is 12.9. The Labute approximate surface area is 128 Å². The number of rotatable bonds is 4. The van der Waals surface area contributed by atoms with E-state index in [1.165, 1.54) is 12.8 Å². The lowest BCUT2D eigenvalue weighted by atomic mass is 9.85. The van der Waals surface area contributed by atoms with Crippen LogP contribution in [0, 0.1) is 5.92 Å². The van der Waals surface area contributed by atoms with E-state index in [0.29, 0.717) is 12.0 Å². The summed E-state index contributed by atoms with van der Waals surface area (Å²) in [6.45, 7) is 4.28. The van der Waals surface area contributed by atoms with Crippen molar-refractivity contribution >= 4 is 5.91 Å². The van der Waals surface area contributed by atoms with Gasteiger partial charge >= 0.3 is 0 Å². The first-order chi connectivity index (χ1) is 9.94. The number of nitrogens with one attached hydrogen (secondary N) is 1. The number of hydrogen-bond donors (Lipinski definition) is 1. The van der Waals surface area contributed by atoms with Gasteiger partial charge in [0.1, 0.15) is 5.54 Å². The van der Waals surface area contributed by atoms with Gasteiger partial charge in [-0.3, -0.25) is 9.69 Å². The molecule has 1 aromatic carbocycles. The van der Waals surface area contributed by atoms with E-state index in [1.54, 1.807) is 0 Å². The maximum atomic E-state index is 12.9. The van der Waals surface area contributed by atoms with Crippen molar-refractivity contribution in [3.8, 4) is 0 Å². The van der Waals surface area contributed by atoms with Crippen LogP contribution < -0.4 is 5.32 Å². The van der Waals surface area contributed by atoms with Crippen LogP contribution in [0.1, 0.15) is 45.1 Å². The third kappa shape index (κ3) is 3.46. The topological polar surface area (TPSA) is 32.3 Å². The predicted molar refractivity (Wildman–Crippen MR) is 87.0 cm³/mol. The van der Waals surface area contributed by atoms with Gasteiger partial charge in [0.15, 0.2) is 0 Å². The summed E-state index contributed by atoms with van der Waals surface area (Å²) >= 11 is 0. The van der Waals surface area contributed by atoms with Crippen LogP contribution in [-0.2, 0) is 10.3 Å². The molecule has 1 N–H and O–H groups in total. The molecule has 0 heterocycles. The molecule has 1 aliphatic carbocycles. The van der Waals surface area contributed by atoms with Gasteiger partial charge in [-0.05, 0) is 45.3 Å². The van der Waals surface area contributed by atoms with Crippen molar-refractivity contribution in [3.63, 3.8) is 0 Å². The first-order valence-corrected chi connectivity index (χ1v) is 7.98. The maximum Gasteiger partial charge on any atom is 0.245 e. The molecule has 1 amide bonds. The van der Waals surface area contributed by atoms with Crippen molar-refractivity contribution < 1.29 is 4.79 Å². The summed E-state index contributed by atoms with van der Waals surface area (Å²) in [6, 6.07) is 10.4. The van der Waals surface area contributed by atoms with Crippen molar-refractivity contribution in [1.82, 2.24) is 10.2 Å². The van der Waals surface area contributed by atoms with Crippen molar-refractivity contribution in [3.05, 3.63) is 35.9 Å². The second-order valence-corrected chi connectivity index (χ2v) is 6.77. The zero-order valence-corrected chi connectivity index (χ0v) is 13.7. The van der Waals surface area contributed by atoms with E-state index < -0.39 is 5.54 Å². The molecule has 3 atom stereocenters. The molecule has 2 rings (SSSR count). The summed E-state index contributed by atoms with van der Waals surface area (Å²) < 4.78 is 0. The molecule has 3 nitrogen and oxygen atoms in total. The van der Waals surface area contributed by atoms with Crippen LogP contribution in [0.25, 0.3) is 0 Å². The zero-order chi connectivity index (χ0) is 15.5. The Morgan fingerprint density at radius 2 is 1.90 bits per heavy atom. The average molecular weight is 288 g/mol. The van der Waals surface area contributed by atoms with E-state index in [2.05, 4.69) is 12.2 Å². The fourth-order valence-electron chi connectivity index (χ4n) is 3.25. The molecule has 0 spiro atoms. The number of benzene rings is 1. The van der Waals surface area contributed by atoms with Crippen LogP contribution >= 0.6 is 0 Å². The van der Waals surface area contributed by atoms with E-state index in [1.807, 2.05) is 56.3 Å². The van der Waals surface area contributed by atoms with Gasteiger partial charge in [0.05, 0.1) is 0 Å². The van der Waals surface area contributed by atoms with Crippen LogP contribution in [0.4, 0.5) is 0 Å². The standard InChI is InChI=1S/C18H28N2O/c1-14-9-8-12-16(13-14)19-17(21)18(2,20(3)4)15-10-6-5-7-11-15/h5-7,10-11,14,16H,8-9,12-13H2,1-4H3,(H,19,21)/t14-,16+,18+/m1/s1. The largest absolute Gasteiger partial charge is 0.351 e. The number of hydrogen-bond acceptors (Lipinski definition) is 2. The summed E-state index contributed by atoms with van der Waals surface area (Å²) in [5.41, 5.74) is 0.415. The van der Waals surface area contributed by atoms with Gasteiger partial charge in [-0.1, -0.05) is 50.1 Å². The number of carbonyl (C=O) groups is 1. The Morgan fingerprint density at radius 1 is 1.24 bits per heavy atom. The SMILES string of the molecule is C[C@@H]1CCC[C@H](NC(=O)[C@](C)(c2ccccc2)N(C)C)C1. The van der Waals surface area contributed by atoms with Gasteiger partial charge in [0.25, 0.3) is 0 Å². The molecular formula is C18H28N2O. The number of carbonyl (C=O) groups excluding carboxylic acids is 1. The molecule has 1 fully saturated rings. The van der Waals surface area contributed by atoms with Gasteiger partial charge in [0.2, 0.25) is 5.91 Å². The lowest BCUT2D eigenvalue weighted by molar-refractivity contribution is -0.132. The fraction of sp³-hybridized carbons (Fsp3) is 0.611. The minimum absolute atomic E-state index is 0.109. The average Bonchev–Trinajstić information content (AvgIpc) is 2.47. The molecule has 0 bridgehead atoms.